The lowest BCUT2D eigenvalue weighted by Crippen LogP contribution is -2.07. The Morgan fingerprint density at radius 1 is 1.37 bits per heavy atom. The SMILES string of the molecule is CCCNc1nc(-c2ncc(Cl)s2)nc(CC)c1Br. The van der Waals surface area contributed by atoms with Gasteiger partial charge >= 0.3 is 0 Å². The summed E-state index contributed by atoms with van der Waals surface area (Å²) in [4.78, 5) is 13.3. The average molecular weight is 362 g/mol. The van der Waals surface area contributed by atoms with Crippen LogP contribution in [-0.4, -0.2) is 21.5 Å². The van der Waals surface area contributed by atoms with Crippen molar-refractivity contribution in [3.63, 3.8) is 0 Å². The van der Waals surface area contributed by atoms with E-state index in [1.165, 1.54) is 11.3 Å². The molecule has 0 atom stereocenters. The summed E-state index contributed by atoms with van der Waals surface area (Å²) in [5.74, 6) is 1.44. The number of rotatable bonds is 5. The van der Waals surface area contributed by atoms with Crippen LogP contribution in [0.1, 0.15) is 26.0 Å². The second-order valence-electron chi connectivity index (χ2n) is 3.91. The Bertz CT molecular complexity index is 573. The van der Waals surface area contributed by atoms with Crippen molar-refractivity contribution in [2.45, 2.75) is 26.7 Å². The smallest absolute Gasteiger partial charge is 0.191 e. The molecule has 1 N–H and O–H groups in total. The zero-order valence-electron chi connectivity index (χ0n) is 10.7. The molecule has 2 aromatic heterocycles. The maximum Gasteiger partial charge on any atom is 0.191 e. The van der Waals surface area contributed by atoms with E-state index in [0.29, 0.717) is 10.2 Å². The van der Waals surface area contributed by atoms with Crippen LogP contribution in [0.4, 0.5) is 5.82 Å². The predicted molar refractivity (Wildman–Crippen MR) is 84.0 cm³/mol. The Balaban J connectivity index is 2.44. The molecule has 0 fully saturated rings. The summed E-state index contributed by atoms with van der Waals surface area (Å²) in [5.41, 5.74) is 0.968. The van der Waals surface area contributed by atoms with Gasteiger partial charge in [0.1, 0.15) is 10.2 Å². The highest BCUT2D eigenvalue weighted by atomic mass is 79.9. The molecule has 0 aliphatic carbocycles. The number of hydrogen-bond donors (Lipinski definition) is 1. The van der Waals surface area contributed by atoms with Crippen molar-refractivity contribution in [1.82, 2.24) is 15.0 Å². The molecule has 2 aromatic rings. The maximum atomic E-state index is 5.91. The lowest BCUT2D eigenvalue weighted by Gasteiger charge is -2.10. The molecule has 0 bridgehead atoms. The van der Waals surface area contributed by atoms with E-state index < -0.39 is 0 Å². The quantitative estimate of drug-likeness (QED) is 0.857. The van der Waals surface area contributed by atoms with Crippen molar-refractivity contribution in [1.29, 1.82) is 0 Å². The fourth-order valence-corrected chi connectivity index (χ4v) is 2.99. The number of hydrogen-bond acceptors (Lipinski definition) is 5. The molecule has 0 radical (unpaired) electrons. The van der Waals surface area contributed by atoms with Gasteiger partial charge in [0.15, 0.2) is 10.8 Å². The zero-order chi connectivity index (χ0) is 13.8. The molecular weight excluding hydrogens is 348 g/mol. The standard InChI is InChI=1S/C12H14BrClN4S/c1-3-5-15-10-9(13)7(4-2)17-11(18-10)12-16-6-8(14)19-12/h6H,3-5H2,1-2H3,(H,15,17,18). The second-order valence-corrected chi connectivity index (χ2v) is 6.36. The number of nitrogens with zero attached hydrogens (tertiary/aromatic N) is 3. The van der Waals surface area contributed by atoms with Gasteiger partial charge in [0, 0.05) is 6.54 Å². The van der Waals surface area contributed by atoms with Crippen LogP contribution in [-0.2, 0) is 6.42 Å². The average Bonchev–Trinajstić information content (AvgIpc) is 2.84. The van der Waals surface area contributed by atoms with Gasteiger partial charge in [0.25, 0.3) is 0 Å². The maximum absolute atomic E-state index is 5.91. The number of aromatic nitrogens is 3. The van der Waals surface area contributed by atoms with Crippen LogP contribution in [0.25, 0.3) is 10.8 Å². The van der Waals surface area contributed by atoms with Crippen LogP contribution in [0.3, 0.4) is 0 Å². The summed E-state index contributed by atoms with van der Waals surface area (Å²) in [6.07, 6.45) is 3.49. The van der Waals surface area contributed by atoms with Gasteiger partial charge in [-0.15, -0.1) is 0 Å². The predicted octanol–water partition coefficient (Wildman–Crippen LogP) is 4.40. The van der Waals surface area contributed by atoms with Crippen LogP contribution in [0.2, 0.25) is 4.34 Å². The molecule has 0 aliphatic heterocycles. The Morgan fingerprint density at radius 2 is 2.16 bits per heavy atom. The van der Waals surface area contributed by atoms with Crippen molar-refractivity contribution in [2.75, 3.05) is 11.9 Å². The summed E-state index contributed by atoms with van der Waals surface area (Å²) in [7, 11) is 0. The van der Waals surface area contributed by atoms with E-state index >= 15 is 0 Å². The lowest BCUT2D eigenvalue weighted by atomic mass is 10.3. The second kappa shape index (κ2) is 6.63. The molecule has 0 saturated carbocycles. The largest absolute Gasteiger partial charge is 0.369 e. The number of nitrogens with one attached hydrogen (secondary N) is 1. The van der Waals surface area contributed by atoms with Gasteiger partial charge in [-0.1, -0.05) is 36.8 Å². The Kier molecular flexibility index (Phi) is 5.13. The van der Waals surface area contributed by atoms with Crippen LogP contribution < -0.4 is 5.32 Å². The number of aryl methyl sites for hydroxylation is 1. The first-order valence-electron chi connectivity index (χ1n) is 6.07. The number of anilines is 1. The molecule has 0 spiro atoms. The van der Waals surface area contributed by atoms with Gasteiger partial charge in [-0.05, 0) is 28.8 Å². The molecule has 2 rings (SSSR count). The van der Waals surface area contributed by atoms with Crippen molar-refractivity contribution >= 4 is 44.7 Å². The highest BCUT2D eigenvalue weighted by Gasteiger charge is 2.14. The molecule has 0 saturated heterocycles. The van der Waals surface area contributed by atoms with Gasteiger partial charge in [0.2, 0.25) is 0 Å². The first-order valence-corrected chi connectivity index (χ1v) is 8.06. The van der Waals surface area contributed by atoms with Crippen LogP contribution in [0, 0.1) is 0 Å². The van der Waals surface area contributed by atoms with Gasteiger partial charge in [0.05, 0.1) is 16.4 Å². The summed E-state index contributed by atoms with van der Waals surface area (Å²) in [5, 5.41) is 4.04. The lowest BCUT2D eigenvalue weighted by molar-refractivity contribution is 0.943. The minimum atomic E-state index is 0.621. The summed E-state index contributed by atoms with van der Waals surface area (Å²) >= 11 is 10.9. The highest BCUT2D eigenvalue weighted by molar-refractivity contribution is 9.10. The normalized spacial score (nSPS) is 10.7. The summed E-state index contributed by atoms with van der Waals surface area (Å²) < 4.78 is 1.57. The fourth-order valence-electron chi connectivity index (χ4n) is 1.54. The molecule has 0 aromatic carbocycles. The van der Waals surface area contributed by atoms with E-state index in [1.54, 1.807) is 6.20 Å². The van der Waals surface area contributed by atoms with E-state index in [9.17, 15) is 0 Å². The number of halogens is 2. The minimum absolute atomic E-state index is 0.621. The molecule has 4 nitrogen and oxygen atoms in total. The monoisotopic (exact) mass is 360 g/mol. The minimum Gasteiger partial charge on any atom is -0.369 e. The Hall–Kier alpha value is -0.720. The van der Waals surface area contributed by atoms with E-state index in [2.05, 4.69) is 50.0 Å². The molecule has 0 aliphatic rings. The summed E-state index contributed by atoms with van der Waals surface area (Å²) in [6, 6.07) is 0. The topological polar surface area (TPSA) is 50.7 Å². The van der Waals surface area contributed by atoms with Gasteiger partial charge in [-0.25, -0.2) is 15.0 Å². The molecule has 102 valence electrons. The van der Waals surface area contributed by atoms with Gasteiger partial charge in [-0.3, -0.25) is 0 Å². The van der Waals surface area contributed by atoms with E-state index in [4.69, 9.17) is 11.6 Å². The zero-order valence-corrected chi connectivity index (χ0v) is 13.9. The van der Waals surface area contributed by atoms with Crippen molar-refractivity contribution in [2.24, 2.45) is 0 Å². The van der Waals surface area contributed by atoms with Crippen molar-refractivity contribution in [3.05, 3.63) is 20.7 Å². The van der Waals surface area contributed by atoms with Gasteiger partial charge in [-0.2, -0.15) is 0 Å². The van der Waals surface area contributed by atoms with Crippen LogP contribution >= 0.6 is 38.9 Å². The Morgan fingerprint density at radius 3 is 2.74 bits per heavy atom. The van der Waals surface area contributed by atoms with Crippen LogP contribution in [0.5, 0.6) is 0 Å². The van der Waals surface area contributed by atoms with Crippen LogP contribution in [0.15, 0.2) is 10.7 Å². The van der Waals surface area contributed by atoms with E-state index in [1.807, 2.05) is 0 Å². The molecule has 0 amide bonds. The van der Waals surface area contributed by atoms with Gasteiger partial charge < -0.3 is 5.32 Å². The van der Waals surface area contributed by atoms with E-state index in [-0.39, 0.29) is 0 Å². The number of thiazole rings is 1. The van der Waals surface area contributed by atoms with Crippen molar-refractivity contribution in [3.8, 4) is 10.8 Å². The molecule has 7 heteroatoms. The Labute approximate surface area is 129 Å². The fraction of sp³-hybridized carbons (Fsp3) is 0.417. The molecular formula is C12H14BrClN4S. The molecule has 2 heterocycles. The highest BCUT2D eigenvalue weighted by Crippen LogP contribution is 2.30. The molecule has 19 heavy (non-hydrogen) atoms. The van der Waals surface area contributed by atoms with E-state index in [0.717, 1.165) is 40.4 Å². The van der Waals surface area contributed by atoms with Crippen molar-refractivity contribution < 1.29 is 0 Å². The molecule has 0 unspecified atom stereocenters. The first kappa shape index (κ1) is 14.7. The third-order valence-corrected chi connectivity index (χ3v) is 4.41. The third kappa shape index (κ3) is 3.43. The third-order valence-electron chi connectivity index (χ3n) is 2.47. The summed E-state index contributed by atoms with van der Waals surface area (Å²) in [6.45, 7) is 5.05. The first-order chi connectivity index (χ1) is 9.15.